The van der Waals surface area contributed by atoms with E-state index in [0.717, 1.165) is 16.2 Å². The van der Waals surface area contributed by atoms with Crippen LogP contribution in [0.25, 0.3) is 0 Å². The lowest BCUT2D eigenvalue weighted by Gasteiger charge is -2.36. The SMILES string of the molecule is CC[C@H](C)[C@@H](C(=O)N[C@@H](Cc1ccccc1)C(=O)N(C)[C@@H](CC(C)C)C(=O)N[C@H](CC(C)C)C(=O)N[C@@H](CC(=O)N(C)[C@H](C)C(=O)N[C@@H](CC(C)C)C(=O)NC)C(=O)N1CCCCC1)N(C)C(=O)CNC(=O)[C@H](Cc1ccccc1)N(C)C(=O)[C@H](NC(=O)[C@@H]1CCCN1C(C)=O)[C@@H](C)O. The van der Waals surface area contributed by atoms with E-state index in [2.05, 4.69) is 37.2 Å². The van der Waals surface area contributed by atoms with Crippen molar-refractivity contribution in [2.24, 2.45) is 23.7 Å². The molecule has 0 saturated carbocycles. The summed E-state index contributed by atoms with van der Waals surface area (Å²) in [6.45, 7) is 19.4. The Morgan fingerprint density at radius 2 is 1.04 bits per heavy atom. The molecule has 0 aromatic heterocycles. The van der Waals surface area contributed by atoms with Crippen molar-refractivity contribution in [3.05, 3.63) is 71.8 Å². The maximum Gasteiger partial charge on any atom is 0.248 e. The largest absolute Gasteiger partial charge is 0.391 e. The maximum atomic E-state index is 15.3. The Morgan fingerprint density at radius 3 is 1.57 bits per heavy atom. The summed E-state index contributed by atoms with van der Waals surface area (Å²) in [7, 11) is 7.03. The van der Waals surface area contributed by atoms with Crippen molar-refractivity contribution in [1.82, 2.24) is 66.6 Å². The van der Waals surface area contributed by atoms with Gasteiger partial charge in [0.25, 0.3) is 0 Å². The lowest BCUT2D eigenvalue weighted by molar-refractivity contribution is -0.146. The second-order valence-electron chi connectivity index (χ2n) is 28.0. The number of hydrogen-bond acceptors (Lipinski definition) is 14. The van der Waals surface area contributed by atoms with E-state index in [1.54, 1.807) is 72.5 Å². The molecule has 2 saturated heterocycles. The number of piperidine rings is 1. The standard InChI is InChI=1S/C72H113N13O14/c1-17-46(8)62(83(16)60(89)42-74-66(93)58(40-51-30-23-19-24-31-51)82(15)72(99)61(48(10)86)79-67(94)56-32-27-35-85(56)49(11)87)69(96)78-54(39-50-28-21-18-22-29-50)70(97)81(14)57(38-45(6)7)68(95)76-53(37-44(4)5)65(92)77-55(71(98)84-33-25-20-26-34-84)41-59(88)80(13)47(9)63(90)75-52(36-43(2)3)64(91)73-12/h18-19,21-24,28-31,43-48,52-58,61-62,86H,17,20,25-27,32-42H2,1-16H3,(H,73,91)(H,74,93)(H,75,90)(H,76,95)(H,77,92)(H,78,96)(H,79,94)/t46-,47+,48+,52-,53+,54-,55-,56-,57-,58-,61+,62-/m0/s1. The molecule has 2 heterocycles. The van der Waals surface area contributed by atoms with Crippen LogP contribution >= 0.6 is 0 Å². The number of likely N-dealkylation sites (N-methyl/N-ethyl adjacent to an activating group) is 5. The number of rotatable bonds is 36. The Kier molecular flexibility index (Phi) is 33.5. The molecule has 2 fully saturated rings. The fourth-order valence-electron chi connectivity index (χ4n) is 12.5. The number of nitrogens with one attached hydrogen (secondary N) is 7. The Labute approximate surface area is 585 Å². The fraction of sp³-hybridized carbons (Fsp3) is 0.653. The molecule has 4 rings (SSSR count). The van der Waals surface area contributed by atoms with E-state index in [4.69, 9.17) is 0 Å². The number of carbonyl (C=O) groups is 13. The molecular formula is C72H113N13O14. The minimum absolute atomic E-state index is 0.0476. The molecule has 2 aliphatic rings. The third-order valence-electron chi connectivity index (χ3n) is 18.7. The van der Waals surface area contributed by atoms with E-state index in [1.807, 2.05) is 48.5 Å². The van der Waals surface area contributed by atoms with Crippen molar-refractivity contribution in [3.8, 4) is 0 Å². The minimum atomic E-state index is -1.52. The van der Waals surface area contributed by atoms with Gasteiger partial charge in [0.1, 0.15) is 60.4 Å². The van der Waals surface area contributed by atoms with Gasteiger partial charge in [-0.15, -0.1) is 0 Å². The lowest BCUT2D eigenvalue weighted by Crippen LogP contribution is -2.61. The Morgan fingerprint density at radius 1 is 0.525 bits per heavy atom. The van der Waals surface area contributed by atoms with Crippen LogP contribution in [0, 0.1) is 23.7 Å². The molecule has 8 N–H and O–H groups in total. The van der Waals surface area contributed by atoms with Crippen LogP contribution in [0.2, 0.25) is 0 Å². The Balaban J connectivity index is 1.61. The molecule has 2 aromatic carbocycles. The fourth-order valence-corrected chi connectivity index (χ4v) is 12.5. The van der Waals surface area contributed by atoms with Gasteiger partial charge in [-0.2, -0.15) is 0 Å². The second-order valence-corrected chi connectivity index (χ2v) is 28.0. The van der Waals surface area contributed by atoms with Crippen LogP contribution < -0.4 is 37.2 Å². The number of aliphatic hydroxyl groups is 1. The van der Waals surface area contributed by atoms with Crippen molar-refractivity contribution >= 4 is 76.8 Å². The molecule has 27 nitrogen and oxygen atoms in total. The van der Waals surface area contributed by atoms with Crippen molar-refractivity contribution in [2.45, 2.75) is 220 Å². The summed E-state index contributed by atoms with van der Waals surface area (Å²) in [5.74, 6) is -9.17. The summed E-state index contributed by atoms with van der Waals surface area (Å²) < 4.78 is 0. The van der Waals surface area contributed by atoms with Crippen LogP contribution in [0.5, 0.6) is 0 Å². The summed E-state index contributed by atoms with van der Waals surface area (Å²) in [6.07, 6.45) is 2.02. The molecule has 99 heavy (non-hydrogen) atoms. The van der Waals surface area contributed by atoms with Crippen LogP contribution in [0.1, 0.15) is 151 Å². The average molecular weight is 1380 g/mol. The van der Waals surface area contributed by atoms with Gasteiger partial charge in [-0.1, -0.05) is 122 Å². The molecule has 0 spiro atoms. The molecule has 550 valence electrons. The van der Waals surface area contributed by atoms with E-state index < -0.39 is 156 Å². The third-order valence-corrected chi connectivity index (χ3v) is 18.7. The highest BCUT2D eigenvalue weighted by Crippen LogP contribution is 2.22. The first-order chi connectivity index (χ1) is 46.6. The highest BCUT2D eigenvalue weighted by atomic mass is 16.3. The van der Waals surface area contributed by atoms with Gasteiger partial charge in [0.05, 0.1) is 19.1 Å². The molecule has 12 atom stereocenters. The molecule has 2 aromatic rings. The third kappa shape index (κ3) is 24.7. The van der Waals surface area contributed by atoms with Gasteiger partial charge in [0.15, 0.2) is 0 Å². The van der Waals surface area contributed by atoms with Crippen LogP contribution in [-0.2, 0) is 75.2 Å². The average Bonchev–Trinajstić information content (AvgIpc) is 1.28. The topological polar surface area (TPSA) is 346 Å². The molecular weight excluding hydrogens is 1270 g/mol. The molecule has 0 bridgehead atoms. The van der Waals surface area contributed by atoms with E-state index in [0.29, 0.717) is 69.3 Å². The predicted molar refractivity (Wildman–Crippen MR) is 374 cm³/mol. The molecule has 0 radical (unpaired) electrons. The number of benzene rings is 2. The number of hydrogen-bond donors (Lipinski definition) is 8. The van der Waals surface area contributed by atoms with E-state index in [-0.39, 0.29) is 49.3 Å². The van der Waals surface area contributed by atoms with Gasteiger partial charge in [-0.3, -0.25) is 62.3 Å². The summed E-state index contributed by atoms with van der Waals surface area (Å²) in [5, 5.41) is 30.0. The van der Waals surface area contributed by atoms with E-state index >= 15 is 4.79 Å². The first-order valence-electron chi connectivity index (χ1n) is 35.0. The van der Waals surface area contributed by atoms with Gasteiger partial charge in [0, 0.05) is 74.6 Å². The zero-order chi connectivity index (χ0) is 74.1. The number of aliphatic hydroxyl groups excluding tert-OH is 1. The Bertz CT molecular complexity index is 3070. The minimum Gasteiger partial charge on any atom is -0.391 e. The quantitative estimate of drug-likeness (QED) is 0.0485. The smallest absolute Gasteiger partial charge is 0.248 e. The summed E-state index contributed by atoms with van der Waals surface area (Å²) in [4.78, 5) is 191. The second kappa shape index (κ2) is 39.9. The number of amides is 13. The summed E-state index contributed by atoms with van der Waals surface area (Å²) >= 11 is 0. The van der Waals surface area contributed by atoms with Crippen molar-refractivity contribution < 1.29 is 67.4 Å². The van der Waals surface area contributed by atoms with Gasteiger partial charge in [0.2, 0.25) is 76.8 Å². The molecule has 2 aliphatic heterocycles. The van der Waals surface area contributed by atoms with Gasteiger partial charge in [-0.25, -0.2) is 0 Å². The molecule has 13 amide bonds. The first-order valence-corrected chi connectivity index (χ1v) is 35.0. The van der Waals surface area contributed by atoms with Crippen LogP contribution in [0.3, 0.4) is 0 Å². The number of likely N-dealkylation sites (tertiary alicyclic amines) is 2. The highest BCUT2D eigenvalue weighted by Gasteiger charge is 2.42. The van der Waals surface area contributed by atoms with Gasteiger partial charge < -0.3 is 71.7 Å². The predicted octanol–water partition coefficient (Wildman–Crippen LogP) is 2.06. The molecule has 27 heteroatoms. The van der Waals surface area contributed by atoms with Crippen LogP contribution in [-0.4, -0.2) is 239 Å². The van der Waals surface area contributed by atoms with Crippen molar-refractivity contribution in [1.29, 1.82) is 0 Å². The van der Waals surface area contributed by atoms with E-state index in [1.165, 1.54) is 70.7 Å². The molecule has 0 unspecified atom stereocenters. The zero-order valence-corrected chi connectivity index (χ0v) is 61.2. The Hall–Kier alpha value is -8.49. The van der Waals surface area contributed by atoms with E-state index in [9.17, 15) is 62.6 Å². The number of carbonyl (C=O) groups excluding carboxylic acids is 13. The summed E-state index contributed by atoms with van der Waals surface area (Å²) in [5.41, 5.74) is 1.29. The monoisotopic (exact) mass is 1380 g/mol. The maximum absolute atomic E-state index is 15.3. The molecule has 0 aliphatic carbocycles. The van der Waals surface area contributed by atoms with Gasteiger partial charge in [-0.05, 0) is 100 Å². The normalized spacial score (nSPS) is 17.2. The van der Waals surface area contributed by atoms with Gasteiger partial charge >= 0.3 is 0 Å². The first kappa shape index (κ1) is 82.9. The highest BCUT2D eigenvalue weighted by molar-refractivity contribution is 5.99. The number of nitrogens with zero attached hydrogens (tertiary/aromatic N) is 6. The van der Waals surface area contributed by atoms with Crippen molar-refractivity contribution in [3.63, 3.8) is 0 Å². The van der Waals surface area contributed by atoms with Crippen LogP contribution in [0.4, 0.5) is 0 Å². The summed E-state index contributed by atoms with van der Waals surface area (Å²) in [6, 6.07) is 5.49. The van der Waals surface area contributed by atoms with Crippen molar-refractivity contribution in [2.75, 3.05) is 61.4 Å². The lowest BCUT2D eigenvalue weighted by atomic mass is 9.95. The zero-order valence-electron chi connectivity index (χ0n) is 61.2. The van der Waals surface area contributed by atoms with Crippen LogP contribution in [0.15, 0.2) is 60.7 Å².